The Morgan fingerprint density at radius 1 is 0.721 bits per heavy atom. The minimum atomic E-state index is -1.06. The number of aromatic carboxylic acids is 1. The summed E-state index contributed by atoms with van der Waals surface area (Å²) in [5.74, 6) is -2.71. The number of ether oxygens (including phenoxy) is 4. The molecule has 1 amide bonds. The van der Waals surface area contributed by atoms with E-state index in [1.807, 2.05) is 0 Å². The van der Waals surface area contributed by atoms with Crippen LogP contribution >= 0.6 is 23.2 Å². The van der Waals surface area contributed by atoms with Gasteiger partial charge in [0.15, 0.2) is 23.1 Å². The number of carboxylic acid groups (broad SMARTS) is 1. The molecule has 316 valence electrons. The third-order valence-corrected chi connectivity index (χ3v) is 10.5. The number of fused-ring (bicyclic) bond motifs is 2. The lowest BCUT2D eigenvalue weighted by molar-refractivity contribution is 0.0698. The zero-order chi connectivity index (χ0) is 44.0. The van der Waals surface area contributed by atoms with Crippen molar-refractivity contribution in [2.45, 2.75) is 20.4 Å². The Hall–Kier alpha value is -6.62. The van der Waals surface area contributed by atoms with E-state index in [1.54, 1.807) is 30.5 Å². The molecule has 0 spiro atoms. The van der Waals surface area contributed by atoms with E-state index < -0.39 is 29.1 Å². The van der Waals surface area contributed by atoms with E-state index in [-0.39, 0.29) is 45.2 Å². The molecule has 0 radical (unpaired) electrons. The molecule has 0 fully saturated rings. The first-order chi connectivity index (χ1) is 29.4. The molecule has 0 atom stereocenters. The van der Waals surface area contributed by atoms with Crippen LogP contribution in [0.5, 0.6) is 23.0 Å². The normalized spacial score (nSPS) is 11.0. The van der Waals surface area contributed by atoms with E-state index in [0.29, 0.717) is 50.1 Å². The first-order valence-corrected chi connectivity index (χ1v) is 19.3. The van der Waals surface area contributed by atoms with Crippen molar-refractivity contribution in [1.82, 2.24) is 29.8 Å². The van der Waals surface area contributed by atoms with Crippen LogP contribution in [0.4, 0.5) is 14.7 Å². The van der Waals surface area contributed by atoms with Crippen LogP contribution in [0.2, 0.25) is 10.0 Å². The fraction of sp³-hybridized carbons (Fsp3) is 0.209. The van der Waals surface area contributed by atoms with E-state index in [4.69, 9.17) is 42.1 Å². The van der Waals surface area contributed by atoms with E-state index in [9.17, 15) is 14.7 Å². The molecule has 0 aliphatic heterocycles. The van der Waals surface area contributed by atoms with E-state index in [1.165, 1.54) is 65.2 Å². The molecule has 14 nitrogen and oxygen atoms in total. The number of rotatable bonds is 13. The number of nitrogens with zero attached hydrogens (tertiary/aromatic N) is 5. The Labute approximate surface area is 358 Å². The fourth-order valence-corrected chi connectivity index (χ4v) is 7.32. The van der Waals surface area contributed by atoms with Crippen molar-refractivity contribution < 1.29 is 42.4 Å². The lowest BCUT2D eigenvalue weighted by Gasteiger charge is -2.16. The van der Waals surface area contributed by atoms with Gasteiger partial charge in [-0.15, -0.1) is 0 Å². The molecule has 61 heavy (non-hydrogen) atoms. The lowest BCUT2D eigenvalue weighted by Crippen LogP contribution is -2.22. The van der Waals surface area contributed by atoms with Crippen LogP contribution in [0.1, 0.15) is 40.3 Å². The summed E-state index contributed by atoms with van der Waals surface area (Å²) in [6.45, 7) is 6.57. The first kappa shape index (κ1) is 43.9. The van der Waals surface area contributed by atoms with Crippen molar-refractivity contribution >= 4 is 63.0 Å². The Morgan fingerprint density at radius 3 is 1.87 bits per heavy atom. The average Bonchev–Trinajstić information content (AvgIpc) is 3.72. The van der Waals surface area contributed by atoms with Crippen molar-refractivity contribution in [3.05, 3.63) is 112 Å². The van der Waals surface area contributed by atoms with Gasteiger partial charge in [-0.05, 0) is 36.9 Å². The number of benzene rings is 4. The van der Waals surface area contributed by atoms with Crippen LogP contribution in [-0.4, -0.2) is 88.3 Å². The molecule has 0 unspecified atom stereocenters. The SMILES string of the molecule is CCN(CC)Cc1cnc(NC(=O)c2ccc(-c3c(F)c(OC)cc(OC)c3F)c3nccnc23)[nH]1.COc1cc(OC)c(Cl)c(-c2ccc(C(=O)O)c3ncccc23)c1Cl. The lowest BCUT2D eigenvalue weighted by atomic mass is 9.97. The number of nitrogens with one attached hydrogen (secondary N) is 2. The molecule has 0 saturated heterocycles. The summed E-state index contributed by atoms with van der Waals surface area (Å²) < 4.78 is 51.1. The third-order valence-electron chi connectivity index (χ3n) is 9.70. The number of hydrogen-bond acceptors (Lipinski definition) is 11. The Bertz CT molecular complexity index is 2710. The zero-order valence-electron chi connectivity index (χ0n) is 33.7. The molecule has 3 aromatic heterocycles. The number of methoxy groups -OCH3 is 4. The van der Waals surface area contributed by atoms with Gasteiger partial charge in [0, 0.05) is 53.8 Å². The minimum absolute atomic E-state index is 0.0985. The molecule has 0 aliphatic carbocycles. The summed E-state index contributed by atoms with van der Waals surface area (Å²) >= 11 is 13.0. The van der Waals surface area contributed by atoms with Crippen LogP contribution in [-0.2, 0) is 6.54 Å². The zero-order valence-corrected chi connectivity index (χ0v) is 35.2. The number of carbonyl (C=O) groups excluding carboxylic acids is 1. The summed E-state index contributed by atoms with van der Waals surface area (Å²) in [6.07, 6.45) is 5.98. The topological polar surface area (TPSA) is 174 Å². The second kappa shape index (κ2) is 19.2. The van der Waals surface area contributed by atoms with Crippen LogP contribution in [0, 0.1) is 11.6 Å². The summed E-state index contributed by atoms with van der Waals surface area (Å²) in [6, 6.07) is 12.2. The highest BCUT2D eigenvalue weighted by Crippen LogP contribution is 2.48. The largest absolute Gasteiger partial charge is 0.495 e. The maximum atomic E-state index is 15.2. The number of anilines is 1. The van der Waals surface area contributed by atoms with Gasteiger partial charge in [-0.3, -0.25) is 30.0 Å². The highest BCUT2D eigenvalue weighted by Gasteiger charge is 2.26. The van der Waals surface area contributed by atoms with Gasteiger partial charge in [-0.1, -0.05) is 55.2 Å². The summed E-state index contributed by atoms with van der Waals surface area (Å²) in [5.41, 5.74) is 2.61. The average molecular weight is 875 g/mol. The van der Waals surface area contributed by atoms with Crippen molar-refractivity contribution in [2.75, 3.05) is 46.8 Å². The van der Waals surface area contributed by atoms with E-state index >= 15 is 8.78 Å². The monoisotopic (exact) mass is 873 g/mol. The number of halogens is 4. The minimum Gasteiger partial charge on any atom is -0.495 e. The Morgan fingerprint density at radius 2 is 1.28 bits per heavy atom. The van der Waals surface area contributed by atoms with Crippen LogP contribution in [0.25, 0.3) is 44.2 Å². The number of carbonyl (C=O) groups is 2. The Balaban J connectivity index is 0.000000218. The molecule has 7 rings (SSSR count). The molecular weight excluding hydrogens is 835 g/mol. The van der Waals surface area contributed by atoms with Gasteiger partial charge < -0.3 is 29.0 Å². The molecule has 3 heterocycles. The molecule has 3 N–H and O–H groups in total. The third kappa shape index (κ3) is 8.82. The molecule has 0 saturated carbocycles. The van der Waals surface area contributed by atoms with Gasteiger partial charge in [0.2, 0.25) is 5.95 Å². The highest BCUT2D eigenvalue weighted by atomic mass is 35.5. The second-order valence-corrected chi connectivity index (χ2v) is 13.8. The number of imidazole rings is 1. The van der Waals surface area contributed by atoms with Crippen molar-refractivity contribution in [3.8, 4) is 45.3 Å². The molecule has 0 bridgehead atoms. The second-order valence-electron chi connectivity index (χ2n) is 13.0. The van der Waals surface area contributed by atoms with Crippen molar-refractivity contribution in [2.24, 2.45) is 0 Å². The number of aromatic amines is 1. The number of H-pyrrole nitrogens is 1. The van der Waals surface area contributed by atoms with Crippen molar-refractivity contribution in [1.29, 1.82) is 0 Å². The van der Waals surface area contributed by atoms with Gasteiger partial charge in [0.1, 0.15) is 17.0 Å². The number of aromatic nitrogens is 5. The van der Waals surface area contributed by atoms with Crippen LogP contribution in [0.15, 0.2) is 73.3 Å². The van der Waals surface area contributed by atoms with Gasteiger partial charge in [0.05, 0.1) is 78.1 Å². The molecular formula is C43H39Cl2F2N7O7. The first-order valence-electron chi connectivity index (χ1n) is 18.5. The number of pyridine rings is 1. The van der Waals surface area contributed by atoms with Crippen molar-refractivity contribution in [3.63, 3.8) is 0 Å². The number of hydrogen-bond donors (Lipinski definition) is 3. The van der Waals surface area contributed by atoms with E-state index in [0.717, 1.165) is 24.8 Å². The molecule has 7 aromatic rings. The Kier molecular flexibility index (Phi) is 13.8. The molecule has 4 aromatic carbocycles. The van der Waals surface area contributed by atoms with Crippen LogP contribution in [0.3, 0.4) is 0 Å². The van der Waals surface area contributed by atoms with E-state index in [2.05, 4.69) is 49.0 Å². The molecule has 0 aliphatic rings. The molecule has 18 heteroatoms. The fourth-order valence-electron chi connectivity index (χ4n) is 6.62. The van der Waals surface area contributed by atoms with Crippen LogP contribution < -0.4 is 24.3 Å². The maximum absolute atomic E-state index is 15.2. The van der Waals surface area contributed by atoms with Gasteiger partial charge in [0.25, 0.3) is 5.91 Å². The quantitative estimate of drug-likeness (QED) is 0.100. The highest BCUT2D eigenvalue weighted by molar-refractivity contribution is 6.41. The summed E-state index contributed by atoms with van der Waals surface area (Å²) in [7, 11) is 5.52. The smallest absolute Gasteiger partial charge is 0.337 e. The predicted octanol–water partition coefficient (Wildman–Crippen LogP) is 9.33. The maximum Gasteiger partial charge on any atom is 0.337 e. The summed E-state index contributed by atoms with van der Waals surface area (Å²) in [4.78, 5) is 46.9. The van der Waals surface area contributed by atoms with Gasteiger partial charge in [-0.2, -0.15) is 0 Å². The predicted molar refractivity (Wildman–Crippen MR) is 228 cm³/mol. The summed E-state index contributed by atoms with van der Waals surface area (Å²) in [5, 5.41) is 13.3. The van der Waals surface area contributed by atoms with Gasteiger partial charge >= 0.3 is 5.97 Å². The number of carboxylic acids is 1. The standard InChI is InChI=1S/C25H26F2N6O3.C18H13Cl2NO4/c1-5-33(6-2)13-14-12-30-25(31-14)32-24(34)16-8-7-15(22-23(16)29-10-9-28-22)19-20(26)17(35-3)11-18(36-4)21(19)27;1-24-12-8-13(25-2)16(20)14(15(12)19)9-5-6-11(18(22)23)17-10(9)4-3-7-21-17/h7-12H,5-6,13H2,1-4H3,(H2,30,31,32,34);3-8H,1-2H3,(H,22,23). The number of amides is 1. The van der Waals surface area contributed by atoms with Gasteiger partial charge in [-0.25, -0.2) is 18.6 Å².